The molecule has 0 heterocycles. The van der Waals surface area contributed by atoms with Crippen molar-refractivity contribution < 1.29 is 4.43 Å². The minimum atomic E-state index is -1.35. The number of hydrogen-bond acceptors (Lipinski definition) is 1. The molecular weight excluding hydrogens is 140 g/mol. The molecule has 0 N–H and O–H groups in total. The predicted molar refractivity (Wildman–Crippen MR) is 48.4 cm³/mol. The lowest BCUT2D eigenvalue weighted by molar-refractivity contribution is 0.479. The van der Waals surface area contributed by atoms with Crippen LogP contribution < -0.4 is 0 Å². The highest BCUT2D eigenvalue weighted by Gasteiger charge is 2.12. The van der Waals surface area contributed by atoms with Gasteiger partial charge >= 0.3 is 0 Å². The second kappa shape index (κ2) is 3.61. The van der Waals surface area contributed by atoms with Crippen LogP contribution in [0.25, 0.3) is 0 Å². The van der Waals surface area contributed by atoms with Gasteiger partial charge in [0.05, 0.1) is 6.26 Å². The highest BCUT2D eigenvalue weighted by Crippen LogP contribution is 2.03. The first-order valence-corrected chi connectivity index (χ1v) is 6.82. The largest absolute Gasteiger partial charge is 0.550 e. The zero-order valence-corrected chi connectivity index (χ0v) is 8.27. The summed E-state index contributed by atoms with van der Waals surface area (Å²) in [5, 5.41) is 0. The molecule has 10 heavy (non-hydrogen) atoms. The summed E-state index contributed by atoms with van der Waals surface area (Å²) in [6.45, 7) is 12.1. The third-order valence-corrected chi connectivity index (χ3v) is 1.62. The van der Waals surface area contributed by atoms with E-state index in [1.807, 2.05) is 13.0 Å². The van der Waals surface area contributed by atoms with E-state index in [0.717, 1.165) is 5.57 Å². The summed E-state index contributed by atoms with van der Waals surface area (Å²) < 4.78 is 5.44. The average Bonchev–Trinajstić information content (AvgIpc) is 1.59. The van der Waals surface area contributed by atoms with Crippen molar-refractivity contribution in [3.63, 3.8) is 0 Å². The first-order valence-electron chi connectivity index (χ1n) is 3.42. The monoisotopic (exact) mass is 156 g/mol. The van der Waals surface area contributed by atoms with Crippen LogP contribution in [0, 0.1) is 0 Å². The minimum absolute atomic E-state index is 1.03. The van der Waals surface area contributed by atoms with Gasteiger partial charge in [-0.1, -0.05) is 12.2 Å². The quantitative estimate of drug-likeness (QED) is 0.347. The zero-order valence-electron chi connectivity index (χ0n) is 7.27. The summed E-state index contributed by atoms with van der Waals surface area (Å²) in [5.74, 6) is 0. The van der Waals surface area contributed by atoms with E-state index in [9.17, 15) is 0 Å². The molecule has 0 fully saturated rings. The molecule has 0 saturated carbocycles. The van der Waals surface area contributed by atoms with Gasteiger partial charge < -0.3 is 4.43 Å². The molecule has 0 atom stereocenters. The summed E-state index contributed by atoms with van der Waals surface area (Å²) in [7, 11) is -1.35. The number of rotatable bonds is 3. The number of allylic oxidation sites excluding steroid dienone is 2. The van der Waals surface area contributed by atoms with Crippen molar-refractivity contribution >= 4 is 8.32 Å². The molecule has 0 amide bonds. The topological polar surface area (TPSA) is 9.23 Å². The van der Waals surface area contributed by atoms with Gasteiger partial charge in [0.2, 0.25) is 8.32 Å². The minimum Gasteiger partial charge on any atom is -0.550 e. The lowest BCUT2D eigenvalue weighted by atomic mass is 10.4. The third kappa shape index (κ3) is 7.50. The fourth-order valence-corrected chi connectivity index (χ4v) is 0.831. The Balaban J connectivity index is 3.64. The molecule has 0 saturated heterocycles. The van der Waals surface area contributed by atoms with Crippen LogP contribution >= 0.6 is 0 Å². The zero-order chi connectivity index (χ0) is 8.20. The predicted octanol–water partition coefficient (Wildman–Crippen LogP) is 2.93. The molecule has 0 radical (unpaired) electrons. The van der Waals surface area contributed by atoms with Gasteiger partial charge in [-0.25, -0.2) is 0 Å². The SMILES string of the molecule is C=C(C)/C=C/O[Si](C)(C)C. The molecule has 0 aromatic heterocycles. The Hall–Kier alpha value is -0.503. The Bertz CT molecular complexity index is 142. The van der Waals surface area contributed by atoms with E-state index < -0.39 is 8.32 Å². The van der Waals surface area contributed by atoms with Gasteiger partial charge in [-0.3, -0.25) is 0 Å². The maximum absolute atomic E-state index is 5.44. The molecule has 0 aromatic rings. The second-order valence-corrected chi connectivity index (χ2v) is 7.84. The fourth-order valence-electron chi connectivity index (χ4n) is 0.354. The van der Waals surface area contributed by atoms with Crippen molar-refractivity contribution in [1.82, 2.24) is 0 Å². The molecule has 1 nitrogen and oxygen atoms in total. The van der Waals surface area contributed by atoms with Crippen molar-refractivity contribution in [2.45, 2.75) is 26.6 Å². The van der Waals surface area contributed by atoms with Crippen molar-refractivity contribution in [2.75, 3.05) is 0 Å². The summed E-state index contributed by atoms with van der Waals surface area (Å²) in [4.78, 5) is 0. The molecule has 0 aliphatic carbocycles. The van der Waals surface area contributed by atoms with Gasteiger partial charge in [-0.2, -0.15) is 0 Å². The van der Waals surface area contributed by atoms with E-state index in [-0.39, 0.29) is 0 Å². The van der Waals surface area contributed by atoms with E-state index in [1.54, 1.807) is 6.26 Å². The van der Waals surface area contributed by atoms with Crippen LogP contribution in [0.4, 0.5) is 0 Å². The third-order valence-electron chi connectivity index (χ3n) is 0.774. The highest BCUT2D eigenvalue weighted by atomic mass is 28.4. The molecule has 0 unspecified atom stereocenters. The van der Waals surface area contributed by atoms with Crippen LogP contribution in [0.1, 0.15) is 6.92 Å². The normalized spacial score (nSPS) is 12.0. The smallest absolute Gasteiger partial charge is 0.241 e. The molecule has 0 aliphatic heterocycles. The Morgan fingerprint density at radius 2 is 1.90 bits per heavy atom. The maximum Gasteiger partial charge on any atom is 0.241 e. The van der Waals surface area contributed by atoms with Gasteiger partial charge in [0.15, 0.2) is 0 Å². The fraction of sp³-hybridized carbons (Fsp3) is 0.500. The molecule has 0 rings (SSSR count). The van der Waals surface area contributed by atoms with E-state index in [4.69, 9.17) is 4.43 Å². The molecule has 0 spiro atoms. The Labute approximate surface area is 64.5 Å². The van der Waals surface area contributed by atoms with Gasteiger partial charge in [0.25, 0.3) is 0 Å². The van der Waals surface area contributed by atoms with Crippen LogP contribution in [0.15, 0.2) is 24.5 Å². The molecule has 0 aliphatic rings. The molecule has 0 bridgehead atoms. The van der Waals surface area contributed by atoms with Crippen LogP contribution in [0.2, 0.25) is 19.6 Å². The summed E-state index contributed by atoms with van der Waals surface area (Å²) in [5.41, 5.74) is 1.03. The summed E-state index contributed by atoms with van der Waals surface area (Å²) >= 11 is 0. The Kier molecular flexibility index (Phi) is 3.43. The van der Waals surface area contributed by atoms with Crippen LogP contribution in [0.5, 0.6) is 0 Å². The first kappa shape index (κ1) is 9.50. The summed E-state index contributed by atoms with van der Waals surface area (Å²) in [6.07, 6.45) is 3.63. The van der Waals surface area contributed by atoms with Crippen LogP contribution in [-0.4, -0.2) is 8.32 Å². The molecule has 58 valence electrons. The van der Waals surface area contributed by atoms with Crippen molar-refractivity contribution in [3.8, 4) is 0 Å². The van der Waals surface area contributed by atoms with E-state index >= 15 is 0 Å². The lowest BCUT2D eigenvalue weighted by Gasteiger charge is -2.14. The standard InChI is InChI=1S/C8H16OSi/c1-8(2)6-7-9-10(3,4)5/h6-7H,1H2,2-5H3/b7-6+. The number of hydrogen-bond donors (Lipinski definition) is 0. The van der Waals surface area contributed by atoms with Crippen LogP contribution in [-0.2, 0) is 4.43 Å². The average molecular weight is 156 g/mol. The second-order valence-electron chi connectivity index (χ2n) is 3.38. The van der Waals surface area contributed by atoms with Crippen molar-refractivity contribution in [3.05, 3.63) is 24.5 Å². The van der Waals surface area contributed by atoms with Crippen molar-refractivity contribution in [2.24, 2.45) is 0 Å². The van der Waals surface area contributed by atoms with Gasteiger partial charge in [0, 0.05) is 0 Å². The van der Waals surface area contributed by atoms with E-state index in [1.165, 1.54) is 0 Å². The Morgan fingerprint density at radius 3 is 2.20 bits per heavy atom. The summed E-state index contributed by atoms with van der Waals surface area (Å²) in [6, 6.07) is 0. The lowest BCUT2D eigenvalue weighted by Crippen LogP contribution is -2.21. The van der Waals surface area contributed by atoms with E-state index in [0.29, 0.717) is 0 Å². The molecular formula is C8H16OSi. The molecule has 2 heteroatoms. The van der Waals surface area contributed by atoms with Gasteiger partial charge in [-0.15, -0.1) is 0 Å². The Morgan fingerprint density at radius 1 is 1.40 bits per heavy atom. The highest BCUT2D eigenvalue weighted by molar-refractivity contribution is 6.69. The molecule has 0 aromatic carbocycles. The van der Waals surface area contributed by atoms with E-state index in [2.05, 4.69) is 26.2 Å². The van der Waals surface area contributed by atoms with Gasteiger partial charge in [-0.05, 0) is 32.6 Å². The maximum atomic E-state index is 5.44. The first-order chi connectivity index (χ1) is 4.42. The van der Waals surface area contributed by atoms with Crippen molar-refractivity contribution in [1.29, 1.82) is 0 Å². The van der Waals surface area contributed by atoms with Crippen LogP contribution in [0.3, 0.4) is 0 Å². The van der Waals surface area contributed by atoms with Gasteiger partial charge in [0.1, 0.15) is 0 Å².